The van der Waals surface area contributed by atoms with Crippen LogP contribution in [-0.2, 0) is 17.8 Å². The summed E-state index contributed by atoms with van der Waals surface area (Å²) in [6.07, 6.45) is 1.57. The normalized spacial score (nSPS) is 10.8. The second-order valence-electron chi connectivity index (χ2n) is 8.01. The van der Waals surface area contributed by atoms with Gasteiger partial charge in [0.1, 0.15) is 29.3 Å². The summed E-state index contributed by atoms with van der Waals surface area (Å²) in [7, 11) is 0. The predicted molar refractivity (Wildman–Crippen MR) is 133 cm³/mol. The number of benzene rings is 2. The van der Waals surface area contributed by atoms with E-state index in [0.29, 0.717) is 28.4 Å². The van der Waals surface area contributed by atoms with Crippen molar-refractivity contribution in [2.45, 2.75) is 19.4 Å². The van der Waals surface area contributed by atoms with Crippen LogP contribution < -0.4 is 21.1 Å². The van der Waals surface area contributed by atoms with Gasteiger partial charge in [0, 0.05) is 12.8 Å². The third-order valence-corrected chi connectivity index (χ3v) is 5.40. The molecule has 186 valence electrons. The van der Waals surface area contributed by atoms with Crippen molar-refractivity contribution >= 4 is 22.8 Å². The lowest BCUT2D eigenvalue weighted by atomic mass is 10.2. The van der Waals surface area contributed by atoms with Gasteiger partial charge in [-0.2, -0.15) is 5.10 Å². The molecule has 3 N–H and O–H groups in total. The van der Waals surface area contributed by atoms with E-state index < -0.39 is 11.8 Å². The molecule has 5 rings (SSSR count). The molecule has 0 aliphatic heterocycles. The number of aryl methyl sites for hydroxylation is 1. The fraction of sp³-hybridized carbons (Fsp3) is 0.115. The monoisotopic (exact) mass is 498 g/mol. The van der Waals surface area contributed by atoms with Gasteiger partial charge < -0.3 is 14.1 Å². The van der Waals surface area contributed by atoms with E-state index in [4.69, 9.17) is 9.15 Å². The number of nitrogens with one attached hydrogen (secondary N) is 3. The lowest BCUT2D eigenvalue weighted by molar-refractivity contribution is -0.121. The van der Waals surface area contributed by atoms with E-state index in [2.05, 4.69) is 25.9 Å². The summed E-state index contributed by atoms with van der Waals surface area (Å²) in [5, 5.41) is 4.60. The second-order valence-corrected chi connectivity index (χ2v) is 8.01. The number of H-pyrrole nitrogens is 1. The number of rotatable bonds is 8. The number of amides is 2. The van der Waals surface area contributed by atoms with Crippen molar-refractivity contribution in [3.8, 4) is 11.4 Å². The fourth-order valence-corrected chi connectivity index (χ4v) is 3.57. The van der Waals surface area contributed by atoms with Crippen LogP contribution in [0.4, 0.5) is 0 Å². The SMILES string of the molecule is O=C(CCc1nc2c(cnn2-c2ccccc2)c(=O)[nH]1)NNC(=O)c1ccc(COc2ccccc2)o1. The van der Waals surface area contributed by atoms with Gasteiger partial charge in [-0.05, 0) is 36.4 Å². The molecule has 2 aromatic carbocycles. The first kappa shape index (κ1) is 23.5. The number of aromatic nitrogens is 4. The molecule has 0 aliphatic rings. The van der Waals surface area contributed by atoms with Gasteiger partial charge in [-0.25, -0.2) is 9.67 Å². The first-order chi connectivity index (χ1) is 18.1. The lowest BCUT2D eigenvalue weighted by Gasteiger charge is -2.07. The molecule has 3 heterocycles. The molecule has 0 fully saturated rings. The van der Waals surface area contributed by atoms with Gasteiger partial charge in [0.2, 0.25) is 5.91 Å². The summed E-state index contributed by atoms with van der Waals surface area (Å²) < 4.78 is 12.6. The summed E-state index contributed by atoms with van der Waals surface area (Å²) in [6.45, 7) is 0.155. The molecular weight excluding hydrogens is 476 g/mol. The first-order valence-electron chi connectivity index (χ1n) is 11.4. The average Bonchev–Trinajstić information content (AvgIpc) is 3.58. The minimum Gasteiger partial charge on any atom is -0.486 e. The van der Waals surface area contributed by atoms with Crippen molar-refractivity contribution < 1.29 is 18.7 Å². The maximum absolute atomic E-state index is 12.5. The standard InChI is InChI=1S/C26H22N6O5/c33-23(30-31-26(35)21-12-11-19(37-21)16-36-18-9-5-2-6-10-18)14-13-22-28-24-20(25(34)29-22)15-27-32(24)17-7-3-1-4-8-17/h1-12,15H,13-14,16H2,(H,30,33)(H,31,35)(H,28,29,34). The van der Waals surface area contributed by atoms with Crippen molar-refractivity contribution in [3.05, 3.63) is 107 Å². The van der Waals surface area contributed by atoms with Crippen LogP contribution in [0.15, 0.2) is 88.2 Å². The van der Waals surface area contributed by atoms with Crippen molar-refractivity contribution in [2.75, 3.05) is 0 Å². The Morgan fingerprint density at radius 1 is 0.973 bits per heavy atom. The second kappa shape index (κ2) is 10.6. The fourth-order valence-electron chi connectivity index (χ4n) is 3.57. The van der Waals surface area contributed by atoms with E-state index >= 15 is 0 Å². The van der Waals surface area contributed by atoms with Crippen LogP contribution in [-0.4, -0.2) is 31.6 Å². The van der Waals surface area contributed by atoms with Gasteiger partial charge in [0.05, 0.1) is 11.9 Å². The molecule has 0 aliphatic carbocycles. The summed E-state index contributed by atoms with van der Waals surface area (Å²) >= 11 is 0. The highest BCUT2D eigenvalue weighted by molar-refractivity contribution is 5.93. The van der Waals surface area contributed by atoms with Crippen molar-refractivity contribution in [1.29, 1.82) is 0 Å². The van der Waals surface area contributed by atoms with Gasteiger partial charge in [-0.3, -0.25) is 25.2 Å². The number of hydrazine groups is 1. The molecule has 37 heavy (non-hydrogen) atoms. The van der Waals surface area contributed by atoms with Gasteiger partial charge in [-0.1, -0.05) is 36.4 Å². The number of aromatic amines is 1. The van der Waals surface area contributed by atoms with Gasteiger partial charge in [0.25, 0.3) is 5.56 Å². The van der Waals surface area contributed by atoms with E-state index in [1.807, 2.05) is 60.7 Å². The Bertz CT molecular complexity index is 1590. The van der Waals surface area contributed by atoms with Crippen LogP contribution in [0, 0.1) is 0 Å². The highest BCUT2D eigenvalue weighted by atomic mass is 16.5. The van der Waals surface area contributed by atoms with Crippen molar-refractivity contribution in [1.82, 2.24) is 30.6 Å². The Hall–Kier alpha value is -5.19. The molecule has 11 heteroatoms. The number of carbonyl (C=O) groups is 2. The Kier molecular flexibility index (Phi) is 6.75. The summed E-state index contributed by atoms with van der Waals surface area (Å²) in [6, 6.07) is 21.6. The number of ether oxygens (including phenoxy) is 1. The van der Waals surface area contributed by atoms with E-state index in [-0.39, 0.29) is 30.8 Å². The topological polar surface area (TPSA) is 144 Å². The molecule has 0 saturated carbocycles. The number of carbonyl (C=O) groups excluding carboxylic acids is 2. The number of fused-ring (bicyclic) bond motifs is 1. The summed E-state index contributed by atoms with van der Waals surface area (Å²) in [4.78, 5) is 44.2. The quantitative estimate of drug-likeness (QED) is 0.279. The largest absolute Gasteiger partial charge is 0.486 e. The molecule has 0 saturated heterocycles. The van der Waals surface area contributed by atoms with E-state index in [9.17, 15) is 14.4 Å². The zero-order valence-corrected chi connectivity index (χ0v) is 19.5. The highest BCUT2D eigenvalue weighted by Crippen LogP contribution is 2.15. The van der Waals surface area contributed by atoms with Crippen molar-refractivity contribution in [3.63, 3.8) is 0 Å². The molecule has 0 unspecified atom stereocenters. The molecule has 0 spiro atoms. The lowest BCUT2D eigenvalue weighted by Crippen LogP contribution is -2.41. The minimum atomic E-state index is -0.612. The van der Waals surface area contributed by atoms with E-state index in [1.165, 1.54) is 12.3 Å². The third-order valence-electron chi connectivity index (χ3n) is 5.40. The Balaban J connectivity index is 1.15. The summed E-state index contributed by atoms with van der Waals surface area (Å²) in [5.41, 5.74) is 5.45. The molecule has 2 amide bonds. The third kappa shape index (κ3) is 5.56. The smallest absolute Gasteiger partial charge is 0.305 e. The molecule has 0 bridgehead atoms. The molecule has 0 atom stereocenters. The van der Waals surface area contributed by atoms with Crippen LogP contribution in [0.3, 0.4) is 0 Å². The van der Waals surface area contributed by atoms with Gasteiger partial charge in [0.15, 0.2) is 11.4 Å². The van der Waals surface area contributed by atoms with E-state index in [0.717, 1.165) is 5.69 Å². The van der Waals surface area contributed by atoms with Crippen LogP contribution in [0.5, 0.6) is 5.75 Å². The maximum Gasteiger partial charge on any atom is 0.305 e. The number of hydrogen-bond donors (Lipinski definition) is 3. The van der Waals surface area contributed by atoms with Crippen molar-refractivity contribution in [2.24, 2.45) is 0 Å². The van der Waals surface area contributed by atoms with Crippen LogP contribution in [0.2, 0.25) is 0 Å². The zero-order valence-electron chi connectivity index (χ0n) is 19.5. The zero-order chi connectivity index (χ0) is 25.6. The number of nitrogens with zero attached hydrogens (tertiary/aromatic N) is 3. The van der Waals surface area contributed by atoms with Crippen LogP contribution in [0.1, 0.15) is 28.6 Å². The molecule has 11 nitrogen and oxygen atoms in total. The predicted octanol–water partition coefficient (Wildman–Crippen LogP) is 2.67. The molecule has 3 aromatic heterocycles. The minimum absolute atomic E-state index is 0.0253. The Labute approximate surface area is 210 Å². The highest BCUT2D eigenvalue weighted by Gasteiger charge is 2.15. The summed E-state index contributed by atoms with van der Waals surface area (Å²) in [5.74, 6) is 0.409. The van der Waals surface area contributed by atoms with Gasteiger partial charge in [-0.15, -0.1) is 0 Å². The molecular formula is C26H22N6O5. The molecule has 5 aromatic rings. The Morgan fingerprint density at radius 3 is 2.51 bits per heavy atom. The van der Waals surface area contributed by atoms with Gasteiger partial charge >= 0.3 is 5.91 Å². The van der Waals surface area contributed by atoms with Crippen LogP contribution in [0.25, 0.3) is 16.7 Å². The number of hydrogen-bond acceptors (Lipinski definition) is 7. The number of para-hydroxylation sites is 2. The van der Waals surface area contributed by atoms with Crippen LogP contribution >= 0.6 is 0 Å². The maximum atomic E-state index is 12.5. The Morgan fingerprint density at radius 2 is 1.73 bits per heavy atom. The number of furan rings is 1. The average molecular weight is 498 g/mol. The molecule has 0 radical (unpaired) electrons. The first-order valence-corrected chi connectivity index (χ1v) is 11.4. The van der Waals surface area contributed by atoms with E-state index in [1.54, 1.807) is 10.7 Å².